The summed E-state index contributed by atoms with van der Waals surface area (Å²) >= 11 is 0. The minimum absolute atomic E-state index is 0.0105. The Morgan fingerprint density at radius 1 is 1.23 bits per heavy atom. The molecule has 6 nitrogen and oxygen atoms in total. The highest BCUT2D eigenvalue weighted by Crippen LogP contribution is 2.29. The van der Waals surface area contributed by atoms with Crippen molar-refractivity contribution in [1.29, 1.82) is 0 Å². The van der Waals surface area contributed by atoms with Crippen LogP contribution in [0.3, 0.4) is 0 Å². The van der Waals surface area contributed by atoms with E-state index in [9.17, 15) is 18.4 Å². The summed E-state index contributed by atoms with van der Waals surface area (Å²) in [6.45, 7) is 0.335. The lowest BCUT2D eigenvalue weighted by molar-refractivity contribution is -0.137. The van der Waals surface area contributed by atoms with Crippen molar-refractivity contribution in [3.05, 3.63) is 46.8 Å². The zero-order valence-electron chi connectivity index (χ0n) is 14.1. The van der Waals surface area contributed by atoms with Crippen LogP contribution in [0.2, 0.25) is 0 Å². The number of carboxylic acid groups (broad SMARTS) is 1. The van der Waals surface area contributed by atoms with Crippen molar-refractivity contribution in [3.8, 4) is 5.69 Å². The van der Waals surface area contributed by atoms with E-state index in [2.05, 4.69) is 10.4 Å². The summed E-state index contributed by atoms with van der Waals surface area (Å²) in [5.74, 6) is -3.21. The van der Waals surface area contributed by atoms with E-state index in [1.807, 2.05) is 0 Å². The van der Waals surface area contributed by atoms with Gasteiger partial charge in [-0.25, -0.2) is 13.5 Å². The second kappa shape index (κ2) is 7.63. The van der Waals surface area contributed by atoms with Crippen molar-refractivity contribution in [2.75, 3.05) is 6.54 Å². The highest BCUT2D eigenvalue weighted by atomic mass is 19.2. The Balaban J connectivity index is 1.78. The fourth-order valence-corrected chi connectivity index (χ4v) is 3.16. The van der Waals surface area contributed by atoms with Crippen LogP contribution in [0.15, 0.2) is 18.2 Å². The molecule has 0 aliphatic heterocycles. The fourth-order valence-electron chi connectivity index (χ4n) is 3.16. The van der Waals surface area contributed by atoms with E-state index < -0.39 is 17.6 Å². The van der Waals surface area contributed by atoms with Gasteiger partial charge >= 0.3 is 5.97 Å². The summed E-state index contributed by atoms with van der Waals surface area (Å²) in [6.07, 6.45) is 3.19. The zero-order chi connectivity index (χ0) is 18.7. The second-order valence-electron chi connectivity index (χ2n) is 6.22. The number of benzene rings is 1. The Labute approximate surface area is 148 Å². The van der Waals surface area contributed by atoms with Crippen LogP contribution in [0.5, 0.6) is 0 Å². The first kappa shape index (κ1) is 18.0. The SMILES string of the molecule is O=C(O)CCCCNC(=O)c1nn(-c2cccc(F)c2F)c2c1CCC2. The molecule has 3 rings (SSSR count). The van der Waals surface area contributed by atoms with Crippen LogP contribution in [0.25, 0.3) is 5.69 Å². The lowest BCUT2D eigenvalue weighted by Crippen LogP contribution is -2.26. The number of fused-ring (bicyclic) bond motifs is 1. The van der Waals surface area contributed by atoms with E-state index in [-0.39, 0.29) is 23.7 Å². The summed E-state index contributed by atoms with van der Waals surface area (Å²) in [5, 5.41) is 15.6. The molecule has 0 saturated heterocycles. The number of aliphatic carboxylic acids is 1. The number of carbonyl (C=O) groups is 2. The predicted molar refractivity (Wildman–Crippen MR) is 89.3 cm³/mol. The van der Waals surface area contributed by atoms with Crippen molar-refractivity contribution in [2.45, 2.75) is 38.5 Å². The molecule has 0 saturated carbocycles. The van der Waals surface area contributed by atoms with Gasteiger partial charge in [0.15, 0.2) is 17.3 Å². The standard InChI is InChI=1S/C18H19F2N3O3/c19-12-6-4-8-14(16(12)20)23-13-7-3-5-11(13)17(22-23)18(26)21-10-2-1-9-15(24)25/h4,6,8H,1-3,5,7,9-10H2,(H,21,26)(H,24,25). The molecule has 1 aliphatic carbocycles. The van der Waals surface area contributed by atoms with Gasteiger partial charge in [0.05, 0.1) is 0 Å². The Bertz CT molecular complexity index is 848. The van der Waals surface area contributed by atoms with Gasteiger partial charge in [-0.15, -0.1) is 0 Å². The van der Waals surface area contributed by atoms with Crippen LogP contribution in [0.4, 0.5) is 8.78 Å². The van der Waals surface area contributed by atoms with E-state index in [0.717, 1.165) is 23.7 Å². The number of nitrogens with one attached hydrogen (secondary N) is 1. The second-order valence-corrected chi connectivity index (χ2v) is 6.22. The number of halogens is 2. The topological polar surface area (TPSA) is 84.2 Å². The number of nitrogens with zero attached hydrogens (tertiary/aromatic N) is 2. The summed E-state index contributed by atoms with van der Waals surface area (Å²) < 4.78 is 29.0. The fraction of sp³-hybridized carbons (Fsp3) is 0.389. The first-order valence-electron chi connectivity index (χ1n) is 8.54. The van der Waals surface area contributed by atoms with Crippen LogP contribution < -0.4 is 5.32 Å². The van der Waals surface area contributed by atoms with E-state index >= 15 is 0 Å². The number of carbonyl (C=O) groups excluding carboxylic acids is 1. The van der Waals surface area contributed by atoms with Gasteiger partial charge < -0.3 is 10.4 Å². The van der Waals surface area contributed by atoms with Crippen molar-refractivity contribution in [3.63, 3.8) is 0 Å². The normalized spacial score (nSPS) is 12.8. The molecule has 0 fully saturated rings. The van der Waals surface area contributed by atoms with Gasteiger partial charge in [0.1, 0.15) is 5.69 Å². The number of unbranched alkanes of at least 4 members (excludes halogenated alkanes) is 1. The molecule has 0 radical (unpaired) electrons. The molecule has 0 unspecified atom stereocenters. The summed E-state index contributed by atoms with van der Waals surface area (Å²) in [4.78, 5) is 22.9. The van der Waals surface area contributed by atoms with Gasteiger partial charge in [0.25, 0.3) is 5.91 Å². The minimum atomic E-state index is -0.995. The molecule has 0 atom stereocenters. The Morgan fingerprint density at radius 2 is 2.04 bits per heavy atom. The number of hydrogen-bond donors (Lipinski definition) is 2. The first-order valence-corrected chi connectivity index (χ1v) is 8.54. The molecule has 1 aromatic carbocycles. The molecule has 2 aromatic rings. The molecule has 26 heavy (non-hydrogen) atoms. The van der Waals surface area contributed by atoms with Crippen molar-refractivity contribution in [2.24, 2.45) is 0 Å². The van der Waals surface area contributed by atoms with Crippen LogP contribution in [-0.2, 0) is 17.6 Å². The molecule has 8 heteroatoms. The number of hydrogen-bond acceptors (Lipinski definition) is 3. The third-order valence-corrected chi connectivity index (χ3v) is 4.41. The van der Waals surface area contributed by atoms with Crippen molar-refractivity contribution < 1.29 is 23.5 Å². The molecule has 2 N–H and O–H groups in total. The Kier molecular flexibility index (Phi) is 5.29. The van der Waals surface area contributed by atoms with Gasteiger partial charge in [0.2, 0.25) is 0 Å². The minimum Gasteiger partial charge on any atom is -0.481 e. The number of carboxylic acids is 1. The van der Waals surface area contributed by atoms with E-state index in [0.29, 0.717) is 32.2 Å². The highest BCUT2D eigenvalue weighted by Gasteiger charge is 2.28. The van der Waals surface area contributed by atoms with E-state index in [1.54, 1.807) is 0 Å². The monoisotopic (exact) mass is 363 g/mol. The van der Waals surface area contributed by atoms with Crippen LogP contribution >= 0.6 is 0 Å². The van der Waals surface area contributed by atoms with Gasteiger partial charge in [-0.05, 0) is 44.2 Å². The van der Waals surface area contributed by atoms with Gasteiger partial charge in [0, 0.05) is 24.2 Å². The van der Waals surface area contributed by atoms with Gasteiger partial charge in [-0.1, -0.05) is 6.07 Å². The zero-order valence-corrected chi connectivity index (χ0v) is 14.1. The Morgan fingerprint density at radius 3 is 2.81 bits per heavy atom. The van der Waals surface area contributed by atoms with Crippen LogP contribution in [-0.4, -0.2) is 33.3 Å². The molecule has 1 amide bonds. The van der Waals surface area contributed by atoms with Gasteiger partial charge in [-0.3, -0.25) is 9.59 Å². The molecular formula is C18H19F2N3O3. The third-order valence-electron chi connectivity index (χ3n) is 4.41. The maximum Gasteiger partial charge on any atom is 0.303 e. The average molecular weight is 363 g/mol. The third kappa shape index (κ3) is 3.58. The lowest BCUT2D eigenvalue weighted by atomic mass is 10.2. The first-order chi connectivity index (χ1) is 12.5. The average Bonchev–Trinajstić information content (AvgIpc) is 3.19. The van der Waals surface area contributed by atoms with Crippen LogP contribution in [0, 0.1) is 11.6 Å². The molecule has 1 aromatic heterocycles. The largest absolute Gasteiger partial charge is 0.481 e. The van der Waals surface area contributed by atoms with Crippen molar-refractivity contribution >= 4 is 11.9 Å². The highest BCUT2D eigenvalue weighted by molar-refractivity contribution is 5.94. The molecule has 1 heterocycles. The maximum absolute atomic E-state index is 14.1. The van der Waals surface area contributed by atoms with Gasteiger partial charge in [-0.2, -0.15) is 5.10 Å². The number of amides is 1. The quantitative estimate of drug-likeness (QED) is 0.741. The van der Waals surface area contributed by atoms with Crippen molar-refractivity contribution in [1.82, 2.24) is 15.1 Å². The summed E-state index contributed by atoms with van der Waals surface area (Å²) in [5.41, 5.74) is 1.70. The molecule has 0 bridgehead atoms. The molecule has 0 spiro atoms. The smallest absolute Gasteiger partial charge is 0.303 e. The Hall–Kier alpha value is -2.77. The molecular weight excluding hydrogens is 344 g/mol. The molecule has 1 aliphatic rings. The van der Waals surface area contributed by atoms with Crippen LogP contribution in [0.1, 0.15) is 47.4 Å². The summed E-state index contributed by atoms with van der Waals surface area (Å²) in [6, 6.07) is 3.86. The van der Waals surface area contributed by atoms with E-state index in [1.165, 1.54) is 16.8 Å². The van der Waals surface area contributed by atoms with E-state index in [4.69, 9.17) is 5.11 Å². The number of aromatic nitrogens is 2. The predicted octanol–water partition coefficient (Wildman–Crippen LogP) is 2.62. The lowest BCUT2D eigenvalue weighted by Gasteiger charge is -2.07. The maximum atomic E-state index is 14.1. The summed E-state index contributed by atoms with van der Waals surface area (Å²) in [7, 11) is 0. The number of rotatable bonds is 7. The molecule has 138 valence electrons.